The summed E-state index contributed by atoms with van der Waals surface area (Å²) in [6.07, 6.45) is 2.85. The van der Waals surface area contributed by atoms with Crippen LogP contribution >= 0.6 is 0 Å². The van der Waals surface area contributed by atoms with Gasteiger partial charge >= 0.3 is 46.7 Å². The van der Waals surface area contributed by atoms with E-state index >= 15 is 0 Å². The van der Waals surface area contributed by atoms with Crippen molar-refractivity contribution in [3.8, 4) is 0 Å². The van der Waals surface area contributed by atoms with Gasteiger partial charge in [0.25, 0.3) is 0 Å². The standard InChI is InChI=1S/C4H9.Sn.2H/c1-3-4-2;;;/h1,3-4H2,2H3;;;. The van der Waals surface area contributed by atoms with Gasteiger partial charge in [0.05, 0.1) is 0 Å². The molecule has 0 atom stereocenters. The van der Waals surface area contributed by atoms with Crippen molar-refractivity contribution in [2.24, 2.45) is 0 Å². The van der Waals surface area contributed by atoms with E-state index in [-0.39, 0.29) is 0 Å². The van der Waals surface area contributed by atoms with E-state index in [9.17, 15) is 0 Å². The van der Waals surface area contributed by atoms with Gasteiger partial charge in [-0.15, -0.1) is 0 Å². The Kier molecular flexibility index (Phi) is 5.57. The number of hydrogen-bond acceptors (Lipinski definition) is 0. The Labute approximate surface area is 47.0 Å². The second-order valence-electron chi connectivity index (χ2n) is 1.21. The van der Waals surface area contributed by atoms with Gasteiger partial charge in [0.1, 0.15) is 0 Å². The molecule has 0 heterocycles. The second kappa shape index (κ2) is 4.80. The summed E-state index contributed by atoms with van der Waals surface area (Å²) in [6, 6.07) is 0. The van der Waals surface area contributed by atoms with Crippen molar-refractivity contribution in [2.45, 2.75) is 24.2 Å². The SMILES string of the molecule is CCC[CH2][SnH2]. The molecule has 0 unspecified atom stereocenters. The fourth-order valence-electron chi connectivity index (χ4n) is 0.250. The van der Waals surface area contributed by atoms with E-state index in [1.165, 1.54) is 39.8 Å². The average molecular weight is 178 g/mol. The summed E-state index contributed by atoms with van der Waals surface area (Å²) in [6.45, 7) is 2.24. The topological polar surface area (TPSA) is 0 Å². The van der Waals surface area contributed by atoms with Crippen LogP contribution in [0.5, 0.6) is 0 Å². The van der Waals surface area contributed by atoms with E-state index in [1.807, 2.05) is 0 Å². The minimum atomic E-state index is 1.22. The molecule has 0 saturated heterocycles. The molecule has 0 aliphatic heterocycles. The zero-order valence-corrected chi connectivity index (χ0v) is 7.86. The van der Waals surface area contributed by atoms with Crippen LogP contribution in [-0.4, -0.2) is 22.5 Å². The third-order valence-corrected chi connectivity index (χ3v) is 2.03. The number of unbranched alkanes of at least 4 members (excludes halogenated alkanes) is 1. The minimum absolute atomic E-state index is 1.22. The van der Waals surface area contributed by atoms with Gasteiger partial charge in [0.2, 0.25) is 0 Å². The third kappa shape index (κ3) is 4.80. The molecule has 0 aromatic carbocycles. The summed E-state index contributed by atoms with van der Waals surface area (Å²) in [5.41, 5.74) is 0. The van der Waals surface area contributed by atoms with E-state index in [0.717, 1.165) is 0 Å². The Morgan fingerprint density at radius 3 is 2.20 bits per heavy atom. The molecule has 0 nitrogen and oxygen atoms in total. The first-order chi connectivity index (χ1) is 2.41. The van der Waals surface area contributed by atoms with Gasteiger partial charge in [-0.2, -0.15) is 0 Å². The van der Waals surface area contributed by atoms with Crippen molar-refractivity contribution in [2.75, 3.05) is 0 Å². The quantitative estimate of drug-likeness (QED) is 0.549. The summed E-state index contributed by atoms with van der Waals surface area (Å²) in [7, 11) is 0. The molecule has 0 rings (SSSR count). The maximum absolute atomic E-state index is 2.24. The fourth-order valence-corrected chi connectivity index (χ4v) is 1.68. The summed E-state index contributed by atoms with van der Waals surface area (Å²) < 4.78 is 1.51. The number of rotatable bonds is 2. The first kappa shape index (κ1) is 5.80. The normalized spacial score (nSPS) is 8.40. The molecule has 0 bridgehead atoms. The van der Waals surface area contributed by atoms with Crippen molar-refractivity contribution >= 4 is 22.5 Å². The van der Waals surface area contributed by atoms with E-state index in [1.54, 1.807) is 0 Å². The van der Waals surface area contributed by atoms with Gasteiger partial charge in [-0.1, -0.05) is 0 Å². The Balaban J connectivity index is 2.19. The molecule has 31 valence electrons. The van der Waals surface area contributed by atoms with Crippen LogP contribution in [0.15, 0.2) is 0 Å². The molecule has 0 amide bonds. The first-order valence-electron chi connectivity index (χ1n) is 2.21. The van der Waals surface area contributed by atoms with E-state index < -0.39 is 0 Å². The summed E-state index contributed by atoms with van der Waals surface area (Å²) in [5.74, 6) is 0. The van der Waals surface area contributed by atoms with Gasteiger partial charge in [-0.25, -0.2) is 0 Å². The molecule has 5 heavy (non-hydrogen) atoms. The van der Waals surface area contributed by atoms with Crippen LogP contribution in [0.25, 0.3) is 0 Å². The van der Waals surface area contributed by atoms with Crippen molar-refractivity contribution in [3.05, 3.63) is 0 Å². The van der Waals surface area contributed by atoms with Crippen LogP contribution in [0.1, 0.15) is 19.8 Å². The van der Waals surface area contributed by atoms with E-state index in [0.29, 0.717) is 0 Å². The van der Waals surface area contributed by atoms with Gasteiger partial charge in [-0.05, 0) is 0 Å². The molecule has 1 heteroatoms. The van der Waals surface area contributed by atoms with Gasteiger partial charge in [0.15, 0.2) is 0 Å². The Morgan fingerprint density at radius 2 is 2.20 bits per heavy atom. The Morgan fingerprint density at radius 1 is 1.60 bits per heavy atom. The molecular weight excluding hydrogens is 167 g/mol. The molecular formula is C4H11Sn. The van der Waals surface area contributed by atoms with Crippen molar-refractivity contribution in [1.29, 1.82) is 0 Å². The zero-order valence-electron chi connectivity index (χ0n) is 3.83. The van der Waals surface area contributed by atoms with Gasteiger partial charge in [-0.3, -0.25) is 0 Å². The van der Waals surface area contributed by atoms with Crippen molar-refractivity contribution in [1.82, 2.24) is 0 Å². The van der Waals surface area contributed by atoms with Gasteiger partial charge < -0.3 is 0 Å². The molecule has 0 saturated carbocycles. The fraction of sp³-hybridized carbons (Fsp3) is 1.00. The maximum atomic E-state index is 2.24. The molecule has 0 aliphatic rings. The molecule has 1 radical (unpaired) electrons. The Bertz CT molecular complexity index is 11.1. The predicted octanol–water partition coefficient (Wildman–Crippen LogP) is 0.838. The second-order valence-corrected chi connectivity index (χ2v) is 3.23. The van der Waals surface area contributed by atoms with Crippen LogP contribution < -0.4 is 0 Å². The third-order valence-electron chi connectivity index (χ3n) is 0.604. The Hall–Kier alpha value is 0.799. The molecule has 0 aromatic rings. The van der Waals surface area contributed by atoms with Crippen LogP contribution in [-0.2, 0) is 0 Å². The summed E-state index contributed by atoms with van der Waals surface area (Å²) in [5, 5.41) is 0. The monoisotopic (exact) mass is 179 g/mol. The molecule has 0 N–H and O–H groups in total. The number of hydrogen-bond donors (Lipinski definition) is 0. The van der Waals surface area contributed by atoms with Crippen molar-refractivity contribution in [3.63, 3.8) is 0 Å². The molecule has 0 aromatic heterocycles. The molecule has 0 fully saturated rings. The van der Waals surface area contributed by atoms with Crippen LogP contribution in [0.2, 0.25) is 4.44 Å². The predicted molar refractivity (Wildman–Crippen MR) is 28.3 cm³/mol. The zero-order chi connectivity index (χ0) is 4.12. The van der Waals surface area contributed by atoms with Crippen LogP contribution in [0.3, 0.4) is 0 Å². The summed E-state index contributed by atoms with van der Waals surface area (Å²) in [4.78, 5) is 0. The average Bonchev–Trinajstić information content (AvgIpc) is 1.41. The van der Waals surface area contributed by atoms with Crippen molar-refractivity contribution < 1.29 is 0 Å². The van der Waals surface area contributed by atoms with E-state index in [4.69, 9.17) is 0 Å². The van der Waals surface area contributed by atoms with Crippen LogP contribution in [0, 0.1) is 0 Å². The van der Waals surface area contributed by atoms with E-state index in [2.05, 4.69) is 6.92 Å². The molecule has 0 aliphatic carbocycles. The van der Waals surface area contributed by atoms with Gasteiger partial charge in [0, 0.05) is 0 Å². The molecule has 0 spiro atoms. The first-order valence-corrected chi connectivity index (χ1v) is 5.06. The summed E-state index contributed by atoms with van der Waals surface area (Å²) >= 11 is 1.22. The van der Waals surface area contributed by atoms with Crippen LogP contribution in [0.4, 0.5) is 0 Å².